The number of benzene rings is 1. The summed E-state index contributed by atoms with van der Waals surface area (Å²) in [7, 11) is 0. The molecular formula is C15H19N3O4. The number of nitrogens with one attached hydrogen (secondary N) is 1. The lowest BCUT2D eigenvalue weighted by Gasteiger charge is -2.34. The van der Waals surface area contributed by atoms with Crippen LogP contribution < -0.4 is 15.0 Å². The molecule has 3 rings (SSSR count). The van der Waals surface area contributed by atoms with E-state index in [0.717, 1.165) is 5.69 Å². The predicted octanol–water partition coefficient (Wildman–Crippen LogP) is 0.754. The Kier molecular flexibility index (Phi) is 4.15. The molecule has 2 N–H and O–H groups in total. The largest absolute Gasteiger partial charge is 0.482 e. The number of carboxylic acid groups (broad SMARTS) is 1. The average Bonchev–Trinajstić information content (AvgIpc) is 2.54. The Morgan fingerprint density at radius 2 is 2.23 bits per heavy atom. The first-order valence-electron chi connectivity index (χ1n) is 7.38. The molecule has 2 aliphatic heterocycles. The van der Waals surface area contributed by atoms with Gasteiger partial charge in [-0.1, -0.05) is 12.1 Å². The van der Waals surface area contributed by atoms with Crippen molar-refractivity contribution in [3.05, 3.63) is 24.3 Å². The summed E-state index contributed by atoms with van der Waals surface area (Å²) in [5.41, 5.74) is 0.782. The van der Waals surface area contributed by atoms with Gasteiger partial charge in [-0.2, -0.15) is 0 Å². The minimum Gasteiger partial charge on any atom is -0.482 e. The molecule has 0 saturated carbocycles. The van der Waals surface area contributed by atoms with Crippen molar-refractivity contribution < 1.29 is 19.4 Å². The number of nitrogens with zero attached hydrogens (tertiary/aromatic N) is 2. The van der Waals surface area contributed by atoms with Crippen LogP contribution in [-0.4, -0.2) is 60.8 Å². The number of amides is 2. The van der Waals surface area contributed by atoms with Gasteiger partial charge in [-0.3, -0.25) is 4.79 Å². The van der Waals surface area contributed by atoms with Crippen molar-refractivity contribution in [3.63, 3.8) is 0 Å². The lowest BCUT2D eigenvalue weighted by Crippen LogP contribution is -2.53. The van der Waals surface area contributed by atoms with E-state index in [0.29, 0.717) is 38.3 Å². The zero-order chi connectivity index (χ0) is 15.5. The van der Waals surface area contributed by atoms with Crippen LogP contribution in [0.4, 0.5) is 10.5 Å². The van der Waals surface area contributed by atoms with Crippen molar-refractivity contribution in [1.29, 1.82) is 0 Å². The van der Waals surface area contributed by atoms with Crippen LogP contribution in [-0.2, 0) is 4.79 Å². The quantitative estimate of drug-likeness (QED) is 0.861. The number of carbonyl (C=O) groups is 2. The molecule has 22 heavy (non-hydrogen) atoms. The van der Waals surface area contributed by atoms with Gasteiger partial charge in [0.2, 0.25) is 0 Å². The van der Waals surface area contributed by atoms with Gasteiger partial charge in [0, 0.05) is 32.2 Å². The van der Waals surface area contributed by atoms with Crippen LogP contribution in [0, 0.1) is 0 Å². The second-order valence-electron chi connectivity index (χ2n) is 5.47. The van der Waals surface area contributed by atoms with Gasteiger partial charge in [-0.05, 0) is 18.6 Å². The van der Waals surface area contributed by atoms with Gasteiger partial charge < -0.3 is 25.0 Å². The first-order chi connectivity index (χ1) is 10.6. The first kappa shape index (κ1) is 14.6. The summed E-state index contributed by atoms with van der Waals surface area (Å²) >= 11 is 0. The van der Waals surface area contributed by atoms with E-state index in [1.165, 1.54) is 4.90 Å². The Morgan fingerprint density at radius 3 is 3.05 bits per heavy atom. The van der Waals surface area contributed by atoms with Crippen molar-refractivity contribution in [1.82, 2.24) is 10.2 Å². The van der Waals surface area contributed by atoms with Crippen LogP contribution >= 0.6 is 0 Å². The maximum atomic E-state index is 12.1. The van der Waals surface area contributed by atoms with Crippen LogP contribution in [0.25, 0.3) is 0 Å². The summed E-state index contributed by atoms with van der Waals surface area (Å²) < 4.78 is 5.41. The minimum absolute atomic E-state index is 0.0519. The standard InChI is InChI=1S/C15H19N3O4/c19-14-10-22-13-4-2-1-3-12(13)18(14)7-5-11-9-17(15(20)21)8-6-16-11/h1-4,11,16H,5-10H2,(H,20,21)/t11-/m1/s1. The molecule has 118 valence electrons. The molecule has 0 aromatic heterocycles. The van der Waals surface area contributed by atoms with Crippen molar-refractivity contribution in [3.8, 4) is 5.75 Å². The zero-order valence-electron chi connectivity index (χ0n) is 12.2. The molecule has 7 nitrogen and oxygen atoms in total. The second-order valence-corrected chi connectivity index (χ2v) is 5.47. The molecule has 1 fully saturated rings. The van der Waals surface area contributed by atoms with Crippen LogP contribution in [0.15, 0.2) is 24.3 Å². The average molecular weight is 305 g/mol. The molecule has 2 amide bonds. The lowest BCUT2D eigenvalue weighted by molar-refractivity contribution is -0.121. The molecule has 0 radical (unpaired) electrons. The normalized spacial score (nSPS) is 21.3. The SMILES string of the molecule is O=C(O)N1CCN[C@H](CCN2C(=O)COc3ccccc32)C1. The highest BCUT2D eigenvalue weighted by molar-refractivity contribution is 5.97. The van der Waals surface area contributed by atoms with E-state index in [9.17, 15) is 9.59 Å². The van der Waals surface area contributed by atoms with Crippen molar-refractivity contribution in [2.24, 2.45) is 0 Å². The number of carbonyl (C=O) groups excluding carboxylic acids is 1. The highest BCUT2D eigenvalue weighted by atomic mass is 16.5. The molecule has 1 saturated heterocycles. The van der Waals surface area contributed by atoms with Gasteiger partial charge in [0.15, 0.2) is 6.61 Å². The first-order valence-corrected chi connectivity index (χ1v) is 7.38. The van der Waals surface area contributed by atoms with E-state index in [1.54, 1.807) is 4.90 Å². The number of ether oxygens (including phenoxy) is 1. The molecule has 0 bridgehead atoms. The summed E-state index contributed by atoms with van der Waals surface area (Å²) in [4.78, 5) is 26.3. The monoisotopic (exact) mass is 305 g/mol. The fourth-order valence-electron chi connectivity index (χ4n) is 2.88. The number of hydrogen-bond acceptors (Lipinski definition) is 4. The number of hydrogen-bond donors (Lipinski definition) is 2. The molecule has 0 unspecified atom stereocenters. The summed E-state index contributed by atoms with van der Waals surface area (Å²) in [5.74, 6) is 0.649. The van der Waals surface area contributed by atoms with Crippen LogP contribution in [0.5, 0.6) is 5.75 Å². The van der Waals surface area contributed by atoms with E-state index >= 15 is 0 Å². The highest BCUT2D eigenvalue weighted by Gasteiger charge is 2.27. The summed E-state index contributed by atoms with van der Waals surface area (Å²) in [6.07, 6.45) is -0.191. The lowest BCUT2D eigenvalue weighted by atomic mass is 10.1. The van der Waals surface area contributed by atoms with Gasteiger partial charge in [-0.25, -0.2) is 4.79 Å². The Hall–Kier alpha value is -2.28. The molecule has 1 aromatic rings. The van der Waals surface area contributed by atoms with Gasteiger partial charge in [0.1, 0.15) is 5.75 Å². The molecule has 1 atom stereocenters. The Morgan fingerprint density at radius 1 is 1.41 bits per heavy atom. The van der Waals surface area contributed by atoms with Crippen LogP contribution in [0.2, 0.25) is 0 Å². The third kappa shape index (κ3) is 2.99. The third-order valence-electron chi connectivity index (χ3n) is 4.04. The van der Waals surface area contributed by atoms with Gasteiger partial charge in [-0.15, -0.1) is 0 Å². The molecule has 2 aliphatic rings. The van der Waals surface area contributed by atoms with E-state index in [-0.39, 0.29) is 18.6 Å². The second kappa shape index (κ2) is 6.23. The summed E-state index contributed by atoms with van der Waals surface area (Å²) in [6.45, 7) is 2.20. The molecule has 1 aromatic carbocycles. The van der Waals surface area contributed by atoms with Gasteiger partial charge in [0.25, 0.3) is 5.91 Å². The highest BCUT2D eigenvalue weighted by Crippen LogP contribution is 2.31. The third-order valence-corrected chi connectivity index (χ3v) is 4.04. The number of fused-ring (bicyclic) bond motifs is 1. The fourth-order valence-corrected chi connectivity index (χ4v) is 2.88. The Balaban J connectivity index is 1.64. The molecule has 2 heterocycles. The Bertz CT molecular complexity index is 578. The summed E-state index contributed by atoms with van der Waals surface area (Å²) in [6, 6.07) is 7.52. The maximum Gasteiger partial charge on any atom is 0.407 e. The molecule has 7 heteroatoms. The van der Waals surface area contributed by atoms with Crippen molar-refractivity contribution in [2.75, 3.05) is 37.7 Å². The minimum atomic E-state index is -0.890. The Labute approximate surface area is 128 Å². The molecule has 0 spiro atoms. The smallest absolute Gasteiger partial charge is 0.407 e. The van der Waals surface area contributed by atoms with E-state index in [1.807, 2.05) is 24.3 Å². The van der Waals surface area contributed by atoms with Gasteiger partial charge in [0.05, 0.1) is 5.69 Å². The van der Waals surface area contributed by atoms with Crippen molar-refractivity contribution in [2.45, 2.75) is 12.5 Å². The number of piperazine rings is 1. The van der Waals surface area contributed by atoms with Crippen LogP contribution in [0.3, 0.4) is 0 Å². The van der Waals surface area contributed by atoms with Crippen molar-refractivity contribution >= 4 is 17.7 Å². The topological polar surface area (TPSA) is 82.1 Å². The van der Waals surface area contributed by atoms with Gasteiger partial charge >= 0.3 is 6.09 Å². The fraction of sp³-hybridized carbons (Fsp3) is 0.467. The maximum absolute atomic E-state index is 12.1. The van der Waals surface area contributed by atoms with Crippen LogP contribution in [0.1, 0.15) is 6.42 Å². The zero-order valence-corrected chi connectivity index (χ0v) is 12.2. The number of para-hydroxylation sites is 2. The predicted molar refractivity (Wildman–Crippen MR) is 80.3 cm³/mol. The summed E-state index contributed by atoms with van der Waals surface area (Å²) in [5, 5.41) is 12.4. The van der Waals surface area contributed by atoms with E-state index in [4.69, 9.17) is 9.84 Å². The van der Waals surface area contributed by atoms with E-state index in [2.05, 4.69) is 5.32 Å². The molecular weight excluding hydrogens is 286 g/mol. The molecule has 0 aliphatic carbocycles. The number of rotatable bonds is 3. The van der Waals surface area contributed by atoms with E-state index < -0.39 is 6.09 Å². The number of anilines is 1.